The van der Waals surface area contributed by atoms with E-state index in [1.807, 2.05) is 0 Å². The van der Waals surface area contributed by atoms with Crippen molar-refractivity contribution in [1.29, 1.82) is 0 Å². The lowest BCUT2D eigenvalue weighted by atomic mass is 11.0. The van der Waals surface area contributed by atoms with Crippen LogP contribution in [0.15, 0.2) is 5.95 Å². The van der Waals surface area contributed by atoms with Crippen LogP contribution in [-0.4, -0.2) is 14.2 Å². The Balaban J connectivity index is 2.99. The van der Waals surface area contributed by atoms with Crippen molar-refractivity contribution in [2.75, 3.05) is 14.2 Å². The van der Waals surface area contributed by atoms with Crippen LogP contribution in [0.2, 0.25) is 0 Å². The van der Waals surface area contributed by atoms with Gasteiger partial charge >= 0.3 is 12.5 Å². The lowest BCUT2D eigenvalue weighted by Gasteiger charge is -1.86. The van der Waals surface area contributed by atoms with Crippen molar-refractivity contribution in [2.24, 2.45) is 0 Å². The van der Waals surface area contributed by atoms with Crippen LogP contribution in [0.1, 0.15) is 0 Å². The average Bonchev–Trinajstić information content (AvgIpc) is 1.65. The molecule has 0 atom stereocenters. The van der Waals surface area contributed by atoms with Crippen molar-refractivity contribution in [2.45, 2.75) is 0 Å². The minimum Gasteiger partial charge on any atom is -0.428 e. The minimum atomic E-state index is 0.0926. The van der Waals surface area contributed by atoms with Gasteiger partial charge in [-0.1, -0.05) is 0 Å². The molecule has 0 saturated carbocycles. The van der Waals surface area contributed by atoms with Gasteiger partial charge in [0, 0.05) is 0 Å². The van der Waals surface area contributed by atoms with Crippen LogP contribution in [0.5, 0.6) is 0 Å². The van der Waals surface area contributed by atoms with Gasteiger partial charge in [0.2, 0.25) is 0 Å². The molecule has 0 bridgehead atoms. The Labute approximate surface area is 37.4 Å². The molecule has 0 amide bonds. The van der Waals surface area contributed by atoms with Crippen LogP contribution in [0.25, 0.3) is 0 Å². The van der Waals surface area contributed by atoms with Gasteiger partial charge in [-0.15, -0.1) is 0 Å². The minimum absolute atomic E-state index is 0.0926. The summed E-state index contributed by atoms with van der Waals surface area (Å²) in [6, 6.07) is 0. The van der Waals surface area contributed by atoms with Gasteiger partial charge in [-0.3, -0.25) is 0 Å². The van der Waals surface area contributed by atoms with Gasteiger partial charge in [-0.25, -0.2) is 0 Å². The summed E-state index contributed by atoms with van der Waals surface area (Å²) < 4.78 is 8.74. The predicted octanol–water partition coefficient (Wildman–Crippen LogP) is 0.554. The Morgan fingerprint density at radius 2 is 1.67 bits per heavy atom. The van der Waals surface area contributed by atoms with E-state index in [4.69, 9.17) is 6.58 Å². The zero-order valence-electron chi connectivity index (χ0n) is 3.89. The summed E-state index contributed by atoms with van der Waals surface area (Å²) >= 11 is 0. The average molecular weight is 87.1 g/mol. The second kappa shape index (κ2) is 2.49. The molecule has 2 heteroatoms. The molecule has 0 heterocycles. The highest BCUT2D eigenvalue weighted by Gasteiger charge is 1.94. The van der Waals surface area contributed by atoms with Crippen LogP contribution in [0, 0.1) is 6.58 Å². The summed E-state index contributed by atoms with van der Waals surface area (Å²) in [5, 5.41) is 0. The summed E-state index contributed by atoms with van der Waals surface area (Å²) in [5.74, 6) is 0.0926. The second-order valence-electron chi connectivity index (χ2n) is 0.727. The van der Waals surface area contributed by atoms with Gasteiger partial charge in [0.1, 0.15) is 0 Å². The maximum Gasteiger partial charge on any atom is 0.538 e. The first-order chi connectivity index (χ1) is 2.81. The molecule has 0 unspecified atom stereocenters. The zero-order chi connectivity index (χ0) is 4.99. The van der Waals surface area contributed by atoms with E-state index in [1.165, 1.54) is 14.2 Å². The number of methoxy groups -OCH3 is 2. The molecule has 0 aliphatic rings. The maximum atomic E-state index is 4.94. The molecule has 2 nitrogen and oxygen atoms in total. The molecule has 0 aliphatic carbocycles. The van der Waals surface area contributed by atoms with E-state index < -0.39 is 0 Å². The van der Waals surface area contributed by atoms with E-state index in [2.05, 4.69) is 9.47 Å². The normalized spacial score (nSPS) is 6.83. The van der Waals surface area contributed by atoms with E-state index in [0.717, 1.165) is 0 Å². The molecule has 34 valence electrons. The third-order valence-corrected chi connectivity index (χ3v) is 0.402. The molecule has 0 aromatic heterocycles. The van der Waals surface area contributed by atoms with Crippen LogP contribution in [0.4, 0.5) is 0 Å². The summed E-state index contributed by atoms with van der Waals surface area (Å²) in [5.41, 5.74) is 0. The number of rotatable bonds is 2. The zero-order valence-corrected chi connectivity index (χ0v) is 3.89. The molecule has 6 heavy (non-hydrogen) atoms. The largest absolute Gasteiger partial charge is 0.538 e. The van der Waals surface area contributed by atoms with E-state index >= 15 is 0 Å². The van der Waals surface area contributed by atoms with Crippen LogP contribution >= 0.6 is 0 Å². The second-order valence-corrected chi connectivity index (χ2v) is 0.727. The van der Waals surface area contributed by atoms with Gasteiger partial charge in [0.15, 0.2) is 0 Å². The molecule has 0 fully saturated rings. The fourth-order valence-corrected chi connectivity index (χ4v) is 0.0833. The molecule has 0 saturated heterocycles. The van der Waals surface area contributed by atoms with Crippen molar-refractivity contribution in [1.82, 2.24) is 0 Å². The predicted molar refractivity (Wildman–Crippen MR) is 21.8 cm³/mol. The molecule has 0 aromatic rings. The van der Waals surface area contributed by atoms with Crippen molar-refractivity contribution >= 4 is 0 Å². The first-order valence-corrected chi connectivity index (χ1v) is 1.51. The molecule has 0 spiro atoms. The summed E-state index contributed by atoms with van der Waals surface area (Å²) in [6.07, 6.45) is 0. The highest BCUT2D eigenvalue weighted by Crippen LogP contribution is 1.85. The molecule has 0 rings (SSSR count). The molecular weight excluding hydrogens is 80.0 g/mol. The van der Waals surface area contributed by atoms with E-state index in [9.17, 15) is 0 Å². The van der Waals surface area contributed by atoms with Crippen LogP contribution in [0.3, 0.4) is 0 Å². The van der Waals surface area contributed by atoms with Gasteiger partial charge in [-0.2, -0.15) is 0 Å². The van der Waals surface area contributed by atoms with E-state index in [1.54, 1.807) is 0 Å². The van der Waals surface area contributed by atoms with Crippen molar-refractivity contribution < 1.29 is 9.47 Å². The fraction of sp³-hybridized carbons (Fsp3) is 0.500. The summed E-state index contributed by atoms with van der Waals surface area (Å²) in [7, 11) is 2.89. The Morgan fingerprint density at radius 3 is 1.67 bits per heavy atom. The van der Waals surface area contributed by atoms with Crippen LogP contribution in [-0.2, 0) is 9.47 Å². The van der Waals surface area contributed by atoms with E-state index in [0.29, 0.717) is 0 Å². The van der Waals surface area contributed by atoms with E-state index in [-0.39, 0.29) is 5.95 Å². The molecule has 0 aliphatic heterocycles. The number of hydrogen-bond acceptors (Lipinski definition) is 2. The monoisotopic (exact) mass is 87.0 g/mol. The standard InChI is InChI=1S/C4H7O2/c1-4(5-2)6-3/h1H,2-3H3/q+1. The Morgan fingerprint density at radius 1 is 1.33 bits per heavy atom. The van der Waals surface area contributed by atoms with Crippen LogP contribution < -0.4 is 0 Å². The highest BCUT2D eigenvalue weighted by molar-refractivity contribution is 4.57. The maximum absolute atomic E-state index is 4.94. The molecule has 0 aromatic carbocycles. The van der Waals surface area contributed by atoms with Gasteiger partial charge < -0.3 is 9.47 Å². The number of hydrogen-bond donors (Lipinski definition) is 0. The lowest BCUT2D eigenvalue weighted by molar-refractivity contribution is 0.0959. The smallest absolute Gasteiger partial charge is 0.428 e. The quantitative estimate of drug-likeness (QED) is 0.362. The van der Waals surface area contributed by atoms with Crippen molar-refractivity contribution in [3.8, 4) is 0 Å². The fourth-order valence-electron chi connectivity index (χ4n) is 0.0833. The molecular formula is C4H7O2+. The third kappa shape index (κ3) is 1.56. The molecule has 0 N–H and O–H groups in total. The highest BCUT2D eigenvalue weighted by atomic mass is 16.7. The first-order valence-electron chi connectivity index (χ1n) is 1.51. The van der Waals surface area contributed by atoms with Gasteiger partial charge in [-0.05, 0) is 0 Å². The first kappa shape index (κ1) is 5.25. The Kier molecular flexibility index (Phi) is 2.17. The van der Waals surface area contributed by atoms with Gasteiger partial charge in [0.25, 0.3) is 0 Å². The lowest BCUT2D eigenvalue weighted by Crippen LogP contribution is -1.84. The van der Waals surface area contributed by atoms with Gasteiger partial charge in [0.05, 0.1) is 14.2 Å². The topological polar surface area (TPSA) is 18.5 Å². The molecule has 0 radical (unpaired) electrons. The summed E-state index contributed by atoms with van der Waals surface area (Å²) in [6.45, 7) is 4.94. The third-order valence-electron chi connectivity index (χ3n) is 0.402. The summed E-state index contributed by atoms with van der Waals surface area (Å²) in [4.78, 5) is 0. The Hall–Kier alpha value is -0.750. The SMILES string of the molecule is [CH+]=C(OC)OC. The van der Waals surface area contributed by atoms with Crippen molar-refractivity contribution in [3.05, 3.63) is 12.5 Å². The Bertz CT molecular complexity index is 43.5. The number of ether oxygens (including phenoxy) is 2. The van der Waals surface area contributed by atoms with Crippen molar-refractivity contribution in [3.63, 3.8) is 0 Å².